The molecule has 0 aromatic heterocycles. The van der Waals surface area contributed by atoms with E-state index < -0.39 is 95.8 Å². The number of hydrogen-bond donors (Lipinski definition) is 4. The van der Waals surface area contributed by atoms with Gasteiger partial charge in [-0.15, -0.1) is 6.58 Å². The number of cyclic esters (lactones) is 1. The largest absolute Gasteiger partial charge is 0.467 e. The van der Waals surface area contributed by atoms with Crippen molar-refractivity contribution in [1.29, 1.82) is 0 Å². The van der Waals surface area contributed by atoms with Crippen LogP contribution in [0.5, 0.6) is 0 Å². The molecular formula is C46H73NO14. The molecule has 3 aliphatic rings. The third kappa shape index (κ3) is 13.1. The summed E-state index contributed by atoms with van der Waals surface area (Å²) in [6, 6.07) is -1.30. The minimum Gasteiger partial charge on any atom is -0.467 e. The van der Waals surface area contributed by atoms with Crippen molar-refractivity contribution in [2.75, 3.05) is 35.0 Å². The van der Waals surface area contributed by atoms with Crippen LogP contribution in [0.2, 0.25) is 0 Å². The highest BCUT2D eigenvalue weighted by molar-refractivity contribution is 6.43. The summed E-state index contributed by atoms with van der Waals surface area (Å²) in [6.45, 7) is 12.5. The summed E-state index contributed by atoms with van der Waals surface area (Å²) in [5.74, 6) is -8.16. The van der Waals surface area contributed by atoms with Crippen LogP contribution in [-0.4, -0.2) is 144 Å². The van der Waals surface area contributed by atoms with Crippen molar-refractivity contribution >= 4 is 29.4 Å². The predicted molar refractivity (Wildman–Crippen MR) is 226 cm³/mol. The maximum atomic E-state index is 14.4. The van der Waals surface area contributed by atoms with Crippen LogP contribution >= 0.6 is 0 Å². The molecule has 1 saturated carbocycles. The van der Waals surface area contributed by atoms with Gasteiger partial charge in [0.05, 0.1) is 37.6 Å². The number of hydrogen-bond acceptors (Lipinski definition) is 14. The molecule has 3 rings (SSSR count). The highest BCUT2D eigenvalue weighted by Gasteiger charge is 2.55. The number of nitrogens with zero attached hydrogens (tertiary/aromatic N) is 1. The molecule has 2 unspecified atom stereocenters. The van der Waals surface area contributed by atoms with Gasteiger partial charge in [0, 0.05) is 52.0 Å². The molecule has 0 aromatic carbocycles. The lowest BCUT2D eigenvalue weighted by molar-refractivity contribution is -0.182. The van der Waals surface area contributed by atoms with E-state index in [0.29, 0.717) is 56.9 Å². The SMILES string of the molecule is C=CC[C@@H]1/C=C(\C)C[C@H](C)CC(OC)[C@@H](O)[C@@H](OC)C[C@@H](C)C(O)(C(=O)OC)C(=O)C(=O)N2CCCC[C@@H]2C(=O)O[C@H](/C(C)=C/[C@@H]2CC[C@@H](O)[C@H](OC)C2)[C@H](C)[C@@H](O)CC1=O. The summed E-state index contributed by atoms with van der Waals surface area (Å²) >= 11 is 0. The van der Waals surface area contributed by atoms with Gasteiger partial charge in [-0.1, -0.05) is 44.6 Å². The van der Waals surface area contributed by atoms with Gasteiger partial charge in [-0.3, -0.25) is 14.4 Å². The third-order valence-electron chi connectivity index (χ3n) is 13.1. The molecule has 15 heteroatoms. The summed E-state index contributed by atoms with van der Waals surface area (Å²) in [5, 5.41) is 45.7. The highest BCUT2D eigenvalue weighted by Crippen LogP contribution is 2.34. The number of Topliss-reactive ketones (excluding diaryl/α,β-unsaturated/α-hetero) is 2. The summed E-state index contributed by atoms with van der Waals surface area (Å²) in [5.41, 5.74) is -1.54. The summed E-state index contributed by atoms with van der Waals surface area (Å²) in [7, 11) is 5.27. The zero-order valence-corrected chi connectivity index (χ0v) is 37.7. The second-order valence-electron chi connectivity index (χ2n) is 17.7. The van der Waals surface area contributed by atoms with Crippen molar-refractivity contribution in [3.05, 3.63) is 36.0 Å². The van der Waals surface area contributed by atoms with Crippen molar-refractivity contribution in [2.24, 2.45) is 29.6 Å². The number of carbonyl (C=O) groups excluding carboxylic acids is 5. The Morgan fingerprint density at radius 2 is 1.54 bits per heavy atom. The van der Waals surface area contributed by atoms with Gasteiger partial charge in [-0.2, -0.15) is 0 Å². The van der Waals surface area contributed by atoms with Gasteiger partial charge in [-0.25, -0.2) is 9.59 Å². The number of amides is 1. The number of fused-ring (bicyclic) bond motifs is 1. The second kappa shape index (κ2) is 23.9. The first-order chi connectivity index (χ1) is 28.8. The molecule has 1 aliphatic carbocycles. The van der Waals surface area contributed by atoms with E-state index >= 15 is 0 Å². The quantitative estimate of drug-likeness (QED) is 0.118. The smallest absolute Gasteiger partial charge is 0.346 e. The number of ketones is 2. The van der Waals surface area contributed by atoms with E-state index in [1.165, 1.54) is 28.3 Å². The monoisotopic (exact) mass is 864 g/mol. The number of methoxy groups -OCH3 is 4. The Labute approximate surface area is 361 Å². The standard InChI is InChI=1S/C46H73NO14/c1-11-14-32-20-26(2)19-27(3)21-38(58-8)40(51)39(59-9)23-29(5)46(56,45(55)60-10)42(52)43(53)47-18-13-12-15-33(47)44(54)61-41(30(6)35(49)25-36(32)50)28(4)22-31-16-17-34(48)37(24-31)57-7/h11,20,22,27,29-35,37-41,48-49,51,56H,1,12-19,21,23-25H2,2-10H3/b26-20+,28-22+/t27-,29+,30+,31-,32+,33+,34+,35-,37+,38?,39-,40+,41+,46?/m0/s1. The molecule has 0 radical (unpaired) electrons. The van der Waals surface area contributed by atoms with Crippen LogP contribution in [0.4, 0.5) is 0 Å². The Balaban J connectivity index is 2.17. The molecule has 1 saturated heterocycles. The van der Waals surface area contributed by atoms with E-state index in [4.69, 9.17) is 23.7 Å². The van der Waals surface area contributed by atoms with Crippen molar-refractivity contribution in [3.63, 3.8) is 0 Å². The van der Waals surface area contributed by atoms with E-state index in [-0.39, 0.29) is 43.4 Å². The fourth-order valence-electron chi connectivity index (χ4n) is 9.39. The Morgan fingerprint density at radius 1 is 0.902 bits per heavy atom. The molecule has 15 nitrogen and oxygen atoms in total. The number of rotatable bonds is 8. The maximum Gasteiger partial charge on any atom is 0.346 e. The molecule has 61 heavy (non-hydrogen) atoms. The van der Waals surface area contributed by atoms with Gasteiger partial charge in [0.25, 0.3) is 11.7 Å². The lowest BCUT2D eigenvalue weighted by Gasteiger charge is -2.39. The summed E-state index contributed by atoms with van der Waals surface area (Å²) in [6.07, 6.45) is 2.24. The van der Waals surface area contributed by atoms with Gasteiger partial charge in [0.2, 0.25) is 5.60 Å². The molecule has 0 spiro atoms. The highest BCUT2D eigenvalue weighted by atomic mass is 16.6. The van der Waals surface area contributed by atoms with Crippen LogP contribution in [0, 0.1) is 29.6 Å². The zero-order chi connectivity index (χ0) is 45.8. The molecule has 346 valence electrons. The average Bonchev–Trinajstić information content (AvgIpc) is 3.24. The number of ether oxygens (including phenoxy) is 5. The first-order valence-corrected chi connectivity index (χ1v) is 21.8. The van der Waals surface area contributed by atoms with Crippen LogP contribution < -0.4 is 0 Å². The molecule has 4 N–H and O–H groups in total. The van der Waals surface area contributed by atoms with Gasteiger partial charge < -0.3 is 49.0 Å². The first-order valence-electron chi connectivity index (χ1n) is 21.8. The maximum absolute atomic E-state index is 14.4. The van der Waals surface area contributed by atoms with E-state index in [2.05, 4.69) is 6.58 Å². The normalized spacial score (nSPS) is 38.4. The second-order valence-corrected chi connectivity index (χ2v) is 17.7. The Bertz CT molecular complexity index is 1580. The molecular weight excluding hydrogens is 790 g/mol. The van der Waals surface area contributed by atoms with E-state index in [9.17, 15) is 44.4 Å². The third-order valence-corrected chi connectivity index (χ3v) is 13.1. The first kappa shape index (κ1) is 52.0. The lowest BCUT2D eigenvalue weighted by atomic mass is 9.79. The average molecular weight is 864 g/mol. The van der Waals surface area contributed by atoms with Gasteiger partial charge in [-0.05, 0) is 95.5 Å². The predicted octanol–water partition coefficient (Wildman–Crippen LogP) is 3.82. The van der Waals surface area contributed by atoms with Crippen LogP contribution in [0.3, 0.4) is 0 Å². The molecule has 0 aromatic rings. The molecule has 2 fully saturated rings. The topological polar surface area (TPSA) is 216 Å². The molecule has 1 amide bonds. The van der Waals surface area contributed by atoms with Crippen molar-refractivity contribution < 1.29 is 68.1 Å². The van der Waals surface area contributed by atoms with Crippen molar-refractivity contribution in [1.82, 2.24) is 4.90 Å². The number of carbonyl (C=O) groups is 5. The summed E-state index contributed by atoms with van der Waals surface area (Å²) in [4.78, 5) is 71.1. The lowest BCUT2D eigenvalue weighted by Crippen LogP contribution is -2.61. The molecule has 0 bridgehead atoms. The van der Waals surface area contributed by atoms with Gasteiger partial charge >= 0.3 is 11.9 Å². The Kier molecular flexibility index (Phi) is 20.4. The Hall–Kier alpha value is -3.31. The van der Waals surface area contributed by atoms with Gasteiger partial charge in [0.15, 0.2) is 0 Å². The Morgan fingerprint density at radius 3 is 2.15 bits per heavy atom. The van der Waals surface area contributed by atoms with Crippen LogP contribution in [0.25, 0.3) is 0 Å². The van der Waals surface area contributed by atoms with Crippen LogP contribution in [0.15, 0.2) is 36.0 Å². The van der Waals surface area contributed by atoms with E-state index in [0.717, 1.165) is 17.6 Å². The van der Waals surface area contributed by atoms with Crippen molar-refractivity contribution in [3.8, 4) is 0 Å². The number of aliphatic hydroxyl groups is 4. The van der Waals surface area contributed by atoms with Gasteiger partial charge in [0.1, 0.15) is 24.0 Å². The number of piperidine rings is 1. The number of esters is 2. The fraction of sp³-hybridized carbons (Fsp3) is 0.761. The van der Waals surface area contributed by atoms with Crippen LogP contribution in [0.1, 0.15) is 105 Å². The molecule has 2 aliphatic heterocycles. The minimum atomic E-state index is -3.02. The van der Waals surface area contributed by atoms with E-state index in [1.54, 1.807) is 19.9 Å². The molecule has 2 heterocycles. The minimum absolute atomic E-state index is 0.0598. The number of allylic oxidation sites excluding steroid dienone is 4. The zero-order valence-electron chi connectivity index (χ0n) is 37.7. The fourth-order valence-corrected chi connectivity index (χ4v) is 9.39. The summed E-state index contributed by atoms with van der Waals surface area (Å²) < 4.78 is 28.0. The molecule has 14 atom stereocenters. The van der Waals surface area contributed by atoms with Crippen LogP contribution in [-0.2, 0) is 47.7 Å². The number of aliphatic hydroxyl groups excluding tert-OH is 3. The van der Waals surface area contributed by atoms with E-state index in [1.807, 2.05) is 26.0 Å². The van der Waals surface area contributed by atoms with Crippen molar-refractivity contribution in [2.45, 2.75) is 160 Å².